The highest BCUT2D eigenvalue weighted by atomic mass is 19.4. The number of nitrogens with one attached hydrogen (secondary N) is 2. The maximum Gasteiger partial charge on any atom is 0.490 e. The Balaban J connectivity index is 0.000000376. The summed E-state index contributed by atoms with van der Waals surface area (Å²) in [6.07, 6.45) is -8.79. The van der Waals surface area contributed by atoms with Crippen LogP contribution in [0.15, 0.2) is 66.7 Å². The van der Waals surface area contributed by atoms with Crippen LogP contribution in [0.2, 0.25) is 0 Å². The van der Waals surface area contributed by atoms with Gasteiger partial charge in [0.2, 0.25) is 5.91 Å². The predicted octanol–water partition coefficient (Wildman–Crippen LogP) is 4.40. The number of benzene rings is 3. The summed E-state index contributed by atoms with van der Waals surface area (Å²) in [5.41, 5.74) is 0.674. The lowest BCUT2D eigenvalue weighted by atomic mass is 9.85. The third-order valence-corrected chi connectivity index (χ3v) is 7.67. The summed E-state index contributed by atoms with van der Waals surface area (Å²) in [6, 6.07) is 20.5. The molecule has 0 unspecified atom stereocenters. The Labute approximate surface area is 269 Å². The van der Waals surface area contributed by atoms with Gasteiger partial charge < -0.3 is 25.7 Å². The number of amides is 2. The van der Waals surface area contributed by atoms with Crippen molar-refractivity contribution in [2.45, 2.75) is 37.3 Å². The molecule has 0 bridgehead atoms. The summed E-state index contributed by atoms with van der Waals surface area (Å²) >= 11 is 0. The number of carboxylic acid groups (broad SMARTS) is 2. The van der Waals surface area contributed by atoms with Crippen molar-refractivity contribution in [1.82, 2.24) is 20.4 Å². The van der Waals surface area contributed by atoms with E-state index < -0.39 is 29.8 Å². The van der Waals surface area contributed by atoms with Crippen LogP contribution in [0.25, 0.3) is 10.8 Å². The van der Waals surface area contributed by atoms with Gasteiger partial charge in [-0.2, -0.15) is 26.3 Å². The largest absolute Gasteiger partial charge is 0.490 e. The number of hydrogen-bond acceptors (Lipinski definition) is 6. The van der Waals surface area contributed by atoms with Crippen LogP contribution in [-0.4, -0.2) is 94.5 Å². The maximum absolute atomic E-state index is 14.2. The van der Waals surface area contributed by atoms with Gasteiger partial charge in [0.15, 0.2) is 0 Å². The zero-order valence-electron chi connectivity index (χ0n) is 25.1. The number of carbonyl (C=O) groups excluding carboxylic acids is 2. The predicted molar refractivity (Wildman–Crippen MR) is 157 cm³/mol. The monoisotopic (exact) mass is 688 g/mol. The number of aliphatic carboxylic acids is 2. The van der Waals surface area contributed by atoms with Gasteiger partial charge in [0.1, 0.15) is 11.4 Å². The highest BCUT2D eigenvalue weighted by molar-refractivity contribution is 5.98. The highest BCUT2D eigenvalue weighted by Gasteiger charge is 2.50. The van der Waals surface area contributed by atoms with Crippen molar-refractivity contribution in [3.8, 4) is 0 Å². The Morgan fingerprint density at radius 2 is 1.38 bits per heavy atom. The molecule has 2 aliphatic rings. The number of carbonyl (C=O) groups is 4. The number of hydrogen-bond donors (Lipinski definition) is 4. The first-order valence-electron chi connectivity index (χ1n) is 14.3. The number of piperidine rings is 1. The molecular formula is C31H31F7N4O6. The number of fused-ring (bicyclic) bond motifs is 1. The van der Waals surface area contributed by atoms with Gasteiger partial charge in [-0.3, -0.25) is 14.5 Å². The molecule has 4 N–H and O–H groups in total. The van der Waals surface area contributed by atoms with Gasteiger partial charge in [0.25, 0.3) is 5.91 Å². The number of alkyl halides is 6. The van der Waals surface area contributed by atoms with Crippen LogP contribution < -0.4 is 10.6 Å². The first-order chi connectivity index (χ1) is 22.4. The topological polar surface area (TPSA) is 139 Å². The zero-order valence-corrected chi connectivity index (χ0v) is 25.1. The molecule has 3 aromatic rings. The lowest BCUT2D eigenvalue weighted by Crippen LogP contribution is -2.56. The molecule has 17 heteroatoms. The van der Waals surface area contributed by atoms with Crippen molar-refractivity contribution in [3.63, 3.8) is 0 Å². The Bertz CT molecular complexity index is 1580. The molecule has 0 radical (unpaired) electrons. The number of likely N-dealkylation sites (tertiary alicyclic amines) is 1. The molecule has 5 rings (SSSR count). The zero-order chi connectivity index (χ0) is 35.7. The average Bonchev–Trinajstić information content (AvgIpc) is 3.32. The molecule has 2 heterocycles. The van der Waals surface area contributed by atoms with E-state index in [1.807, 2.05) is 48.5 Å². The van der Waals surface area contributed by atoms with Crippen LogP contribution >= 0.6 is 0 Å². The van der Waals surface area contributed by atoms with Crippen LogP contribution in [0, 0.1) is 5.82 Å². The minimum Gasteiger partial charge on any atom is -0.475 e. The maximum atomic E-state index is 14.2. The SMILES string of the molecule is O=C(NCCN1CCC2(CC1)C(=O)NCN2Cc1ccccc1F)c1ccc2ccccc2c1.O=C(O)C(F)(F)F.O=C(O)C(F)(F)F. The highest BCUT2D eigenvalue weighted by Crippen LogP contribution is 2.34. The molecular weight excluding hydrogens is 657 g/mol. The molecule has 0 saturated carbocycles. The smallest absolute Gasteiger partial charge is 0.475 e. The van der Waals surface area contributed by atoms with E-state index in [1.54, 1.807) is 12.1 Å². The average molecular weight is 689 g/mol. The lowest BCUT2D eigenvalue weighted by molar-refractivity contribution is -0.193. The second kappa shape index (κ2) is 15.9. The van der Waals surface area contributed by atoms with Crippen LogP contribution in [0.3, 0.4) is 0 Å². The summed E-state index contributed by atoms with van der Waals surface area (Å²) in [7, 11) is 0. The fraction of sp³-hybridized carbons (Fsp3) is 0.355. The van der Waals surface area contributed by atoms with Gasteiger partial charge in [-0.1, -0.05) is 48.5 Å². The van der Waals surface area contributed by atoms with Crippen LogP contribution in [0.5, 0.6) is 0 Å². The molecule has 0 aromatic heterocycles. The minimum atomic E-state index is -5.08. The van der Waals surface area contributed by atoms with E-state index >= 15 is 0 Å². The number of nitrogens with zero attached hydrogens (tertiary/aromatic N) is 2. The van der Waals surface area contributed by atoms with Gasteiger partial charge in [0.05, 0.1) is 6.67 Å². The molecule has 0 atom stereocenters. The van der Waals surface area contributed by atoms with E-state index in [0.29, 0.717) is 43.7 Å². The van der Waals surface area contributed by atoms with Crippen molar-refractivity contribution < 1.29 is 60.1 Å². The Kier molecular flexibility index (Phi) is 12.5. The van der Waals surface area contributed by atoms with Crippen molar-refractivity contribution in [1.29, 1.82) is 0 Å². The fourth-order valence-corrected chi connectivity index (χ4v) is 5.12. The van der Waals surface area contributed by atoms with E-state index in [-0.39, 0.29) is 17.6 Å². The van der Waals surface area contributed by atoms with E-state index in [1.165, 1.54) is 6.07 Å². The normalized spacial score (nSPS) is 16.3. The van der Waals surface area contributed by atoms with E-state index in [0.717, 1.165) is 30.4 Å². The number of halogens is 7. The van der Waals surface area contributed by atoms with Crippen LogP contribution in [0.1, 0.15) is 28.8 Å². The minimum absolute atomic E-state index is 0.0353. The molecule has 2 aliphatic heterocycles. The first-order valence-corrected chi connectivity index (χ1v) is 14.3. The van der Waals surface area contributed by atoms with Crippen molar-refractivity contribution >= 4 is 34.5 Å². The molecule has 2 fully saturated rings. The standard InChI is InChI=1S/C27H29FN4O2.2C2HF3O2/c28-24-8-4-3-7-23(24)18-32-19-30-26(34)27(32)11-14-31(15-12-27)16-13-29-25(33)22-10-9-20-5-1-2-6-21(20)17-22;2*3-2(4,5)1(6)7/h1-10,17H,11-16,18-19H2,(H,29,33)(H,30,34);2*(H,6,7). The van der Waals surface area contributed by atoms with Gasteiger partial charge in [-0.15, -0.1) is 0 Å². The van der Waals surface area contributed by atoms with Crippen molar-refractivity contribution in [2.75, 3.05) is 32.8 Å². The van der Waals surface area contributed by atoms with Crippen molar-refractivity contribution in [3.05, 3.63) is 83.7 Å². The Hall–Kier alpha value is -4.77. The summed E-state index contributed by atoms with van der Waals surface area (Å²) in [6.45, 7) is 3.64. The third-order valence-electron chi connectivity index (χ3n) is 7.67. The molecule has 260 valence electrons. The van der Waals surface area contributed by atoms with Crippen LogP contribution in [0.4, 0.5) is 30.7 Å². The molecule has 2 amide bonds. The lowest BCUT2D eigenvalue weighted by Gasteiger charge is -2.42. The Morgan fingerprint density at radius 3 is 1.94 bits per heavy atom. The summed E-state index contributed by atoms with van der Waals surface area (Å²) in [5.74, 6) is -5.80. The van der Waals surface area contributed by atoms with E-state index in [9.17, 15) is 40.3 Å². The molecule has 10 nitrogen and oxygen atoms in total. The molecule has 1 spiro atoms. The van der Waals surface area contributed by atoms with Gasteiger partial charge in [-0.05, 0) is 41.8 Å². The number of rotatable bonds is 6. The fourth-order valence-electron chi connectivity index (χ4n) is 5.12. The second-order valence-electron chi connectivity index (χ2n) is 10.8. The molecule has 2 saturated heterocycles. The summed E-state index contributed by atoms with van der Waals surface area (Å²) in [5, 5.41) is 22.4. The summed E-state index contributed by atoms with van der Waals surface area (Å²) < 4.78 is 77.7. The van der Waals surface area contributed by atoms with Gasteiger partial charge in [0, 0.05) is 43.9 Å². The molecule has 48 heavy (non-hydrogen) atoms. The Morgan fingerprint density at radius 1 is 0.833 bits per heavy atom. The number of carboxylic acids is 2. The van der Waals surface area contributed by atoms with Gasteiger partial charge in [-0.25, -0.2) is 14.0 Å². The second-order valence-corrected chi connectivity index (χ2v) is 10.8. The third kappa shape index (κ3) is 10.1. The van der Waals surface area contributed by atoms with Gasteiger partial charge >= 0.3 is 24.3 Å². The van der Waals surface area contributed by atoms with E-state index in [2.05, 4.69) is 20.4 Å². The molecule has 0 aliphatic carbocycles. The quantitative estimate of drug-likeness (QED) is 0.280. The van der Waals surface area contributed by atoms with Crippen molar-refractivity contribution in [2.24, 2.45) is 0 Å². The molecule has 3 aromatic carbocycles. The summed E-state index contributed by atoms with van der Waals surface area (Å²) in [4.78, 5) is 47.5. The van der Waals surface area contributed by atoms with Crippen LogP contribution in [-0.2, 0) is 20.9 Å². The van der Waals surface area contributed by atoms with E-state index in [4.69, 9.17) is 19.8 Å². The first kappa shape index (κ1) is 37.7.